The zero-order valence-corrected chi connectivity index (χ0v) is 25.1. The van der Waals surface area contributed by atoms with Gasteiger partial charge in [-0.3, -0.25) is 24.2 Å². The van der Waals surface area contributed by atoms with Crippen LogP contribution >= 0.6 is 11.6 Å². The number of hydrogen-bond acceptors (Lipinski definition) is 5. The second-order valence-corrected chi connectivity index (χ2v) is 11.0. The van der Waals surface area contributed by atoms with Crippen molar-refractivity contribution in [2.75, 3.05) is 20.1 Å². The van der Waals surface area contributed by atoms with E-state index in [1.807, 2.05) is 6.92 Å². The first-order valence-corrected chi connectivity index (χ1v) is 14.5. The van der Waals surface area contributed by atoms with E-state index in [2.05, 4.69) is 15.6 Å². The predicted octanol–water partition coefficient (Wildman–Crippen LogP) is 3.72. The second kappa shape index (κ2) is 13.8. The fraction of sp³-hybridized carbons (Fsp3) is 0.344. The lowest BCUT2D eigenvalue weighted by atomic mass is 9.86. The van der Waals surface area contributed by atoms with Crippen molar-refractivity contribution in [3.63, 3.8) is 0 Å². The van der Waals surface area contributed by atoms with E-state index in [1.165, 1.54) is 53.5 Å². The number of benzene rings is 2. The van der Waals surface area contributed by atoms with E-state index in [9.17, 15) is 23.6 Å². The molecule has 4 rings (SSSR count). The molecule has 226 valence electrons. The first kappa shape index (κ1) is 31.6. The summed E-state index contributed by atoms with van der Waals surface area (Å²) in [7, 11) is 1.51. The molecule has 3 unspecified atom stereocenters. The molecule has 11 heteroatoms. The first-order valence-electron chi connectivity index (χ1n) is 14.2. The highest BCUT2D eigenvalue weighted by Gasteiger charge is 2.49. The molecular weight excluding hydrogens is 573 g/mol. The third-order valence-corrected chi connectivity index (χ3v) is 8.10. The van der Waals surface area contributed by atoms with Crippen molar-refractivity contribution in [3.05, 3.63) is 101 Å². The molecule has 0 bridgehead atoms. The summed E-state index contributed by atoms with van der Waals surface area (Å²) >= 11 is 6.10. The van der Waals surface area contributed by atoms with Crippen molar-refractivity contribution in [3.8, 4) is 0 Å². The second-order valence-electron chi connectivity index (χ2n) is 10.6. The van der Waals surface area contributed by atoms with Gasteiger partial charge in [0, 0.05) is 49.5 Å². The van der Waals surface area contributed by atoms with Gasteiger partial charge in [0.1, 0.15) is 23.4 Å². The van der Waals surface area contributed by atoms with E-state index in [0.29, 0.717) is 34.6 Å². The minimum Gasteiger partial charge on any atom is -0.357 e. The molecule has 43 heavy (non-hydrogen) atoms. The van der Waals surface area contributed by atoms with Crippen LogP contribution in [-0.2, 0) is 26.3 Å². The topological polar surface area (TPSA) is 112 Å². The van der Waals surface area contributed by atoms with Gasteiger partial charge in [-0.2, -0.15) is 0 Å². The monoisotopic (exact) mass is 607 g/mol. The molecule has 2 aromatic carbocycles. The summed E-state index contributed by atoms with van der Waals surface area (Å²) in [5.74, 6) is -2.08. The Morgan fingerprint density at radius 3 is 2.30 bits per heavy atom. The smallest absolute Gasteiger partial charge is 0.252 e. The molecule has 1 aliphatic rings. The number of amides is 4. The Morgan fingerprint density at radius 2 is 1.70 bits per heavy atom. The number of nitrogens with one attached hydrogen (secondary N) is 2. The maximum atomic E-state index is 14.2. The average molecular weight is 608 g/mol. The van der Waals surface area contributed by atoms with Crippen LogP contribution in [0.25, 0.3) is 0 Å². The summed E-state index contributed by atoms with van der Waals surface area (Å²) in [6.45, 7) is 3.81. The van der Waals surface area contributed by atoms with Crippen LogP contribution in [0.15, 0.2) is 73.1 Å². The van der Waals surface area contributed by atoms with Crippen molar-refractivity contribution in [2.24, 2.45) is 0 Å². The van der Waals surface area contributed by atoms with Gasteiger partial charge in [0.2, 0.25) is 17.7 Å². The molecule has 1 aliphatic heterocycles. The molecule has 3 atom stereocenters. The van der Waals surface area contributed by atoms with Crippen molar-refractivity contribution in [1.29, 1.82) is 0 Å². The SMILES string of the molecule is CCCC1C(=O)N(C(C)(C(=O)NC)c2ccc(Cl)cc2)CCN1C(=O)C(Cc1ccc(F)cc1)NC(=O)c1ccncc1. The molecule has 0 aliphatic carbocycles. The summed E-state index contributed by atoms with van der Waals surface area (Å²) in [4.78, 5) is 61.8. The zero-order valence-electron chi connectivity index (χ0n) is 24.3. The van der Waals surface area contributed by atoms with Gasteiger partial charge < -0.3 is 20.4 Å². The molecule has 0 spiro atoms. The van der Waals surface area contributed by atoms with Crippen molar-refractivity contribution in [2.45, 2.75) is 50.7 Å². The molecule has 1 aromatic heterocycles. The van der Waals surface area contributed by atoms with E-state index in [-0.39, 0.29) is 31.3 Å². The Morgan fingerprint density at radius 1 is 1.05 bits per heavy atom. The summed E-state index contributed by atoms with van der Waals surface area (Å²) in [5.41, 5.74) is 0.183. The van der Waals surface area contributed by atoms with E-state index >= 15 is 0 Å². The third kappa shape index (κ3) is 6.85. The Balaban J connectivity index is 1.66. The number of carbonyl (C=O) groups excluding carboxylic acids is 4. The van der Waals surface area contributed by atoms with Crippen LogP contribution < -0.4 is 10.6 Å². The lowest BCUT2D eigenvalue weighted by Gasteiger charge is -2.48. The molecule has 1 saturated heterocycles. The van der Waals surface area contributed by atoms with Crippen LogP contribution in [0.5, 0.6) is 0 Å². The fourth-order valence-electron chi connectivity index (χ4n) is 5.48. The van der Waals surface area contributed by atoms with Crippen molar-refractivity contribution < 1.29 is 23.6 Å². The van der Waals surface area contributed by atoms with E-state index in [0.717, 1.165) is 0 Å². The molecule has 0 saturated carbocycles. The number of pyridine rings is 1. The Bertz CT molecular complexity index is 1450. The van der Waals surface area contributed by atoms with Crippen LogP contribution in [-0.4, -0.2) is 70.6 Å². The van der Waals surface area contributed by atoms with E-state index < -0.39 is 35.3 Å². The van der Waals surface area contributed by atoms with Crippen molar-refractivity contribution >= 4 is 35.2 Å². The largest absolute Gasteiger partial charge is 0.357 e. The Labute approximate surface area is 255 Å². The van der Waals surface area contributed by atoms with E-state index in [4.69, 9.17) is 11.6 Å². The highest BCUT2D eigenvalue weighted by Crippen LogP contribution is 2.33. The van der Waals surface area contributed by atoms with Crippen LogP contribution in [0, 0.1) is 5.82 Å². The number of hydrogen-bond donors (Lipinski definition) is 2. The van der Waals surface area contributed by atoms with Crippen LogP contribution in [0.4, 0.5) is 4.39 Å². The van der Waals surface area contributed by atoms with Gasteiger partial charge in [0.15, 0.2) is 0 Å². The third-order valence-electron chi connectivity index (χ3n) is 7.85. The summed E-state index contributed by atoms with van der Waals surface area (Å²) in [6.07, 6.45) is 3.99. The molecule has 0 radical (unpaired) electrons. The number of rotatable bonds is 10. The van der Waals surface area contributed by atoms with Gasteiger partial charge in [-0.25, -0.2) is 4.39 Å². The lowest BCUT2D eigenvalue weighted by Crippen LogP contribution is -2.67. The van der Waals surface area contributed by atoms with Gasteiger partial charge in [0.25, 0.3) is 5.91 Å². The van der Waals surface area contributed by atoms with Crippen LogP contribution in [0.1, 0.15) is 48.2 Å². The Kier molecular flexibility index (Phi) is 10.1. The summed E-state index contributed by atoms with van der Waals surface area (Å²) < 4.78 is 13.6. The molecular formula is C32H35ClFN5O4. The maximum Gasteiger partial charge on any atom is 0.252 e. The van der Waals surface area contributed by atoms with Crippen LogP contribution in [0.3, 0.4) is 0 Å². The zero-order chi connectivity index (χ0) is 31.1. The van der Waals surface area contributed by atoms with Gasteiger partial charge in [0.05, 0.1) is 0 Å². The van der Waals surface area contributed by atoms with E-state index in [1.54, 1.807) is 43.3 Å². The fourth-order valence-corrected chi connectivity index (χ4v) is 5.60. The highest BCUT2D eigenvalue weighted by molar-refractivity contribution is 6.30. The van der Waals surface area contributed by atoms with Gasteiger partial charge in [-0.05, 0) is 60.9 Å². The molecule has 9 nitrogen and oxygen atoms in total. The van der Waals surface area contributed by atoms with Crippen LogP contribution in [0.2, 0.25) is 5.02 Å². The molecule has 3 aromatic rings. The average Bonchev–Trinajstić information content (AvgIpc) is 3.02. The lowest BCUT2D eigenvalue weighted by molar-refractivity contribution is -0.162. The Hall–Kier alpha value is -4.31. The van der Waals surface area contributed by atoms with Gasteiger partial charge >= 0.3 is 0 Å². The molecule has 2 N–H and O–H groups in total. The number of aromatic nitrogens is 1. The number of piperazine rings is 1. The molecule has 1 fully saturated rings. The molecule has 2 heterocycles. The summed E-state index contributed by atoms with van der Waals surface area (Å²) in [6, 6.07) is 13.6. The number of halogens is 2. The normalized spacial score (nSPS) is 17.1. The number of nitrogens with zero attached hydrogens (tertiary/aromatic N) is 3. The number of carbonyl (C=O) groups is 4. The highest BCUT2D eigenvalue weighted by atomic mass is 35.5. The maximum absolute atomic E-state index is 14.2. The van der Waals surface area contributed by atoms with Crippen molar-refractivity contribution in [1.82, 2.24) is 25.4 Å². The minimum absolute atomic E-state index is 0.0822. The molecule has 4 amide bonds. The quantitative estimate of drug-likeness (QED) is 0.365. The standard InChI is InChI=1S/C32H35ClFN5O4/c1-4-5-27-30(42)39(32(2,31(43)35-3)23-8-10-24(33)11-9-23)19-18-38(27)29(41)26(20-21-6-12-25(34)13-7-21)37-28(40)22-14-16-36-17-15-22/h6-17,26-27H,4-5,18-20H2,1-3H3,(H,35,43)(H,37,40). The van der Waals surface area contributed by atoms with Gasteiger partial charge in [-0.1, -0.05) is 49.2 Å². The summed E-state index contributed by atoms with van der Waals surface area (Å²) in [5, 5.41) is 5.99. The predicted molar refractivity (Wildman–Crippen MR) is 161 cm³/mol. The number of likely N-dealkylation sites (N-methyl/N-ethyl adjacent to an activating group) is 1. The van der Waals surface area contributed by atoms with Gasteiger partial charge in [-0.15, -0.1) is 0 Å². The first-order chi connectivity index (χ1) is 20.6. The minimum atomic E-state index is -1.36.